The fourth-order valence-corrected chi connectivity index (χ4v) is 7.86. The molecule has 0 fully saturated rings. The molecular weight excluding hydrogens is 549 g/mol. The molecule has 0 amide bonds. The summed E-state index contributed by atoms with van der Waals surface area (Å²) in [7, 11) is 0.890. The predicted molar refractivity (Wildman–Crippen MR) is 191 cm³/mol. The summed E-state index contributed by atoms with van der Waals surface area (Å²) >= 11 is 0. The number of fused-ring (bicyclic) bond motifs is 10. The van der Waals surface area contributed by atoms with Crippen molar-refractivity contribution in [3.63, 3.8) is 0 Å². The number of nitrogens with zero attached hydrogens (tertiary/aromatic N) is 2. The monoisotopic (exact) mass is 576 g/mol. The van der Waals surface area contributed by atoms with Crippen LogP contribution in [0, 0.1) is 0 Å². The van der Waals surface area contributed by atoms with Crippen LogP contribution < -0.4 is 0 Å². The van der Waals surface area contributed by atoms with E-state index in [9.17, 15) is 0 Å². The van der Waals surface area contributed by atoms with Crippen molar-refractivity contribution < 1.29 is 0 Å². The zero-order valence-electron chi connectivity index (χ0n) is 24.3. The summed E-state index contributed by atoms with van der Waals surface area (Å²) in [5, 5.41) is 10.1. The second kappa shape index (κ2) is 9.77. The highest BCUT2D eigenvalue weighted by molar-refractivity contribution is 6.48. The number of para-hydroxylation sites is 1. The molecular formula is C41H28N2Si. The summed E-state index contributed by atoms with van der Waals surface area (Å²) in [4.78, 5) is 5.20. The standard InChI is InChI=1S/C41H28N2Si/c44-40(32-20-18-27-10-2-4-12-29(27)24-32)39(30-19-17-26-9-1-3-11-28(26)23-30)31-21-22-36-38(25-31)43-37-16-8-7-14-34(37)33-13-5-6-15-35(33)41(43)42-36/h1-25H,44H3/b40-39+. The van der Waals surface area contributed by atoms with Gasteiger partial charge in [-0.1, -0.05) is 127 Å². The second-order valence-corrected chi connectivity index (χ2v) is 12.7. The molecule has 0 aliphatic carbocycles. The summed E-state index contributed by atoms with van der Waals surface area (Å²) in [5.41, 5.74) is 9.35. The molecule has 0 spiro atoms. The van der Waals surface area contributed by atoms with Crippen LogP contribution in [0.1, 0.15) is 16.7 Å². The average Bonchev–Trinajstić information content (AvgIpc) is 3.48. The Labute approximate surface area is 258 Å². The Hall–Kier alpha value is -5.51. The molecule has 3 heteroatoms. The normalized spacial score (nSPS) is 12.6. The topological polar surface area (TPSA) is 17.3 Å². The van der Waals surface area contributed by atoms with E-state index in [2.05, 4.69) is 156 Å². The highest BCUT2D eigenvalue weighted by Crippen LogP contribution is 2.37. The van der Waals surface area contributed by atoms with Crippen molar-refractivity contribution in [3.8, 4) is 0 Å². The number of benzene rings is 7. The van der Waals surface area contributed by atoms with E-state index in [1.54, 1.807) is 0 Å². The maximum absolute atomic E-state index is 5.20. The largest absolute Gasteiger partial charge is 0.292 e. The van der Waals surface area contributed by atoms with E-state index in [0.29, 0.717) is 0 Å². The third-order valence-corrected chi connectivity index (χ3v) is 10.2. The van der Waals surface area contributed by atoms with E-state index in [4.69, 9.17) is 4.98 Å². The smallest absolute Gasteiger partial charge is 0.146 e. The first-order chi connectivity index (χ1) is 21.7. The van der Waals surface area contributed by atoms with Crippen LogP contribution in [0.3, 0.4) is 0 Å². The van der Waals surface area contributed by atoms with Crippen molar-refractivity contribution in [2.45, 2.75) is 0 Å². The van der Waals surface area contributed by atoms with Crippen LogP contribution in [0.25, 0.3) is 70.7 Å². The summed E-state index contributed by atoms with van der Waals surface area (Å²) in [6.45, 7) is 0. The first kappa shape index (κ1) is 25.0. The van der Waals surface area contributed by atoms with Crippen molar-refractivity contribution in [2.75, 3.05) is 0 Å². The van der Waals surface area contributed by atoms with E-state index in [0.717, 1.165) is 26.9 Å². The number of aromatic nitrogens is 2. The Morgan fingerprint density at radius 3 is 1.75 bits per heavy atom. The lowest BCUT2D eigenvalue weighted by molar-refractivity contribution is 1.31. The van der Waals surface area contributed by atoms with Crippen LogP contribution in [0.15, 0.2) is 152 Å². The van der Waals surface area contributed by atoms with Gasteiger partial charge < -0.3 is 0 Å². The van der Waals surface area contributed by atoms with Crippen LogP contribution in [0.5, 0.6) is 0 Å². The molecule has 0 aliphatic rings. The molecule has 9 rings (SSSR count). The minimum absolute atomic E-state index is 0.890. The molecule has 0 N–H and O–H groups in total. The Morgan fingerprint density at radius 2 is 1.00 bits per heavy atom. The van der Waals surface area contributed by atoms with Crippen molar-refractivity contribution in [2.24, 2.45) is 0 Å². The highest BCUT2D eigenvalue weighted by atomic mass is 28.1. The highest BCUT2D eigenvalue weighted by Gasteiger charge is 2.17. The zero-order valence-corrected chi connectivity index (χ0v) is 26.3. The van der Waals surface area contributed by atoms with Gasteiger partial charge in [0.05, 0.1) is 16.6 Å². The van der Waals surface area contributed by atoms with Crippen LogP contribution in [0.2, 0.25) is 0 Å². The van der Waals surface area contributed by atoms with Crippen molar-refractivity contribution >= 4 is 80.9 Å². The molecule has 0 atom stereocenters. The lowest BCUT2D eigenvalue weighted by Gasteiger charge is -2.16. The first-order valence-corrected chi connectivity index (χ1v) is 16.1. The zero-order chi connectivity index (χ0) is 29.2. The van der Waals surface area contributed by atoms with Crippen LogP contribution in [0.4, 0.5) is 0 Å². The summed E-state index contributed by atoms with van der Waals surface area (Å²) in [6.07, 6.45) is 0. The SMILES string of the molecule is [SiH3]/C(=C(\c1ccc2ccccc2c1)c1ccc2nc3c4ccccc4c4ccccc4n3c2c1)c1ccc2ccccc2c1. The molecule has 0 saturated heterocycles. The number of imidazole rings is 1. The predicted octanol–water partition coefficient (Wildman–Crippen LogP) is 9.38. The second-order valence-electron chi connectivity index (χ2n) is 11.7. The van der Waals surface area contributed by atoms with E-state index < -0.39 is 0 Å². The van der Waals surface area contributed by atoms with Gasteiger partial charge >= 0.3 is 0 Å². The van der Waals surface area contributed by atoms with Gasteiger partial charge in [-0.25, -0.2) is 4.98 Å². The van der Waals surface area contributed by atoms with E-state index in [-0.39, 0.29) is 0 Å². The fraction of sp³-hybridized carbons (Fsp3) is 0. The van der Waals surface area contributed by atoms with Crippen molar-refractivity contribution in [1.82, 2.24) is 9.38 Å². The molecule has 0 unspecified atom stereocenters. The minimum atomic E-state index is 0.890. The number of pyridine rings is 1. The molecule has 7 aromatic carbocycles. The molecule has 2 aromatic heterocycles. The lowest BCUT2D eigenvalue weighted by Crippen LogP contribution is -1.97. The molecule has 9 aromatic rings. The molecule has 44 heavy (non-hydrogen) atoms. The van der Waals surface area contributed by atoms with Crippen LogP contribution >= 0.6 is 0 Å². The lowest BCUT2D eigenvalue weighted by atomic mass is 9.92. The van der Waals surface area contributed by atoms with Gasteiger partial charge in [0.2, 0.25) is 0 Å². The Morgan fingerprint density at radius 1 is 0.455 bits per heavy atom. The number of hydrogen-bond donors (Lipinski definition) is 0. The van der Waals surface area contributed by atoms with Gasteiger partial charge in [-0.15, -0.1) is 0 Å². The van der Waals surface area contributed by atoms with Gasteiger partial charge in [0.15, 0.2) is 0 Å². The summed E-state index contributed by atoms with van der Waals surface area (Å²) < 4.78 is 2.36. The third-order valence-electron chi connectivity index (χ3n) is 9.14. The fourth-order valence-electron chi connectivity index (χ4n) is 6.98. The van der Waals surface area contributed by atoms with Gasteiger partial charge in [-0.2, -0.15) is 0 Å². The van der Waals surface area contributed by atoms with Gasteiger partial charge in [0, 0.05) is 21.0 Å². The van der Waals surface area contributed by atoms with Gasteiger partial charge in [0.1, 0.15) is 5.65 Å². The molecule has 2 nitrogen and oxygen atoms in total. The maximum Gasteiger partial charge on any atom is 0.146 e. The van der Waals surface area contributed by atoms with Gasteiger partial charge in [-0.05, 0) is 79.5 Å². The molecule has 2 heterocycles. The van der Waals surface area contributed by atoms with Crippen molar-refractivity contribution in [3.05, 3.63) is 168 Å². The quantitative estimate of drug-likeness (QED) is 0.116. The Bertz CT molecular complexity index is 2630. The van der Waals surface area contributed by atoms with E-state index in [1.807, 2.05) is 0 Å². The summed E-state index contributed by atoms with van der Waals surface area (Å²) in [6, 6.07) is 55.2. The van der Waals surface area contributed by atoms with Crippen LogP contribution in [-0.4, -0.2) is 19.6 Å². The molecule has 0 radical (unpaired) electrons. The van der Waals surface area contributed by atoms with Crippen molar-refractivity contribution in [1.29, 1.82) is 0 Å². The van der Waals surface area contributed by atoms with E-state index in [1.165, 1.54) is 70.7 Å². The molecule has 0 saturated carbocycles. The molecule has 0 aliphatic heterocycles. The Balaban J connectivity index is 1.36. The minimum Gasteiger partial charge on any atom is -0.292 e. The van der Waals surface area contributed by atoms with E-state index >= 15 is 0 Å². The average molecular weight is 577 g/mol. The van der Waals surface area contributed by atoms with Gasteiger partial charge in [-0.3, -0.25) is 4.40 Å². The third kappa shape index (κ3) is 3.83. The number of hydrogen-bond acceptors (Lipinski definition) is 1. The molecule has 0 bridgehead atoms. The Kier molecular flexibility index (Phi) is 5.55. The maximum atomic E-state index is 5.20. The summed E-state index contributed by atoms with van der Waals surface area (Å²) in [5.74, 6) is 0. The van der Waals surface area contributed by atoms with Gasteiger partial charge in [0.25, 0.3) is 0 Å². The first-order valence-electron chi connectivity index (χ1n) is 15.1. The molecule has 206 valence electrons. The van der Waals surface area contributed by atoms with Crippen LogP contribution in [-0.2, 0) is 0 Å². The number of rotatable bonds is 3.